The minimum Gasteiger partial charge on any atom is -0.508 e. The van der Waals surface area contributed by atoms with Gasteiger partial charge < -0.3 is 9.84 Å². The van der Waals surface area contributed by atoms with E-state index in [1.807, 2.05) is 54.6 Å². The van der Waals surface area contributed by atoms with Crippen LogP contribution in [0.1, 0.15) is 21.5 Å². The first kappa shape index (κ1) is 20.9. The third-order valence-electron chi connectivity index (χ3n) is 4.86. The van der Waals surface area contributed by atoms with E-state index in [4.69, 9.17) is 4.74 Å². The second kappa shape index (κ2) is 10.1. The third kappa shape index (κ3) is 5.40. The first-order valence-corrected chi connectivity index (χ1v) is 10.2. The normalized spacial score (nSPS) is 10.8. The van der Waals surface area contributed by atoms with Crippen LogP contribution in [0.4, 0.5) is 0 Å². The average molecular weight is 422 g/mol. The number of carbonyl (C=O) groups excluding carboxylic acids is 1. The summed E-state index contributed by atoms with van der Waals surface area (Å²) in [5, 5.41) is 13.2. The fourth-order valence-corrected chi connectivity index (χ4v) is 3.15. The Labute approximate surface area is 186 Å². The number of hydrogen-bond donors (Lipinski definition) is 2. The van der Waals surface area contributed by atoms with Gasteiger partial charge in [-0.3, -0.25) is 4.79 Å². The molecule has 0 atom stereocenters. The van der Waals surface area contributed by atoms with Gasteiger partial charge in [0.2, 0.25) is 0 Å². The zero-order valence-electron chi connectivity index (χ0n) is 17.3. The number of benzene rings is 4. The van der Waals surface area contributed by atoms with Gasteiger partial charge in [-0.2, -0.15) is 5.10 Å². The van der Waals surface area contributed by atoms with Crippen LogP contribution in [0.3, 0.4) is 0 Å². The van der Waals surface area contributed by atoms with Crippen molar-refractivity contribution >= 4 is 12.1 Å². The van der Waals surface area contributed by atoms with E-state index in [1.54, 1.807) is 36.4 Å². The molecule has 0 radical (unpaired) electrons. The van der Waals surface area contributed by atoms with Gasteiger partial charge in [-0.05, 0) is 59.2 Å². The predicted octanol–water partition coefficient (Wildman–Crippen LogP) is 5.40. The highest BCUT2D eigenvalue weighted by Gasteiger charge is 2.07. The molecule has 158 valence electrons. The summed E-state index contributed by atoms with van der Waals surface area (Å²) in [6, 6.07) is 31.8. The number of phenolic OH excluding ortho intramolecular Hbond substituents is 1. The van der Waals surface area contributed by atoms with Crippen LogP contribution in [0, 0.1) is 0 Å². The van der Waals surface area contributed by atoms with Gasteiger partial charge in [0.1, 0.15) is 18.1 Å². The summed E-state index contributed by atoms with van der Waals surface area (Å²) >= 11 is 0. The standard InChI is InChI=1S/C27H22N2O3/c30-24-16-12-20(13-17-24)18-28-29-27(31)23-14-10-21(11-15-23)19-32-26-9-5-4-8-25(26)22-6-2-1-3-7-22/h1-18,30H,19H2,(H,29,31). The lowest BCUT2D eigenvalue weighted by molar-refractivity contribution is 0.0955. The van der Waals surface area contributed by atoms with Crippen molar-refractivity contribution in [1.82, 2.24) is 5.43 Å². The first-order valence-electron chi connectivity index (χ1n) is 10.2. The van der Waals surface area contributed by atoms with E-state index in [0.29, 0.717) is 12.2 Å². The molecule has 4 aromatic rings. The number of rotatable bonds is 7. The molecule has 0 heterocycles. The molecule has 5 heteroatoms. The van der Waals surface area contributed by atoms with Gasteiger partial charge in [0, 0.05) is 11.1 Å². The van der Waals surface area contributed by atoms with Gasteiger partial charge in [0.15, 0.2) is 0 Å². The molecule has 0 unspecified atom stereocenters. The average Bonchev–Trinajstić information content (AvgIpc) is 2.85. The molecular weight excluding hydrogens is 400 g/mol. The summed E-state index contributed by atoms with van der Waals surface area (Å²) in [4.78, 5) is 12.3. The largest absolute Gasteiger partial charge is 0.508 e. The predicted molar refractivity (Wildman–Crippen MR) is 126 cm³/mol. The van der Waals surface area contributed by atoms with E-state index in [2.05, 4.69) is 22.7 Å². The van der Waals surface area contributed by atoms with E-state index in [0.717, 1.165) is 28.0 Å². The topological polar surface area (TPSA) is 70.9 Å². The molecule has 2 N–H and O–H groups in total. The minimum atomic E-state index is -0.304. The number of phenols is 1. The molecular formula is C27H22N2O3. The maximum atomic E-state index is 12.3. The van der Waals surface area contributed by atoms with Crippen molar-refractivity contribution in [2.24, 2.45) is 5.10 Å². The number of hydrogen-bond acceptors (Lipinski definition) is 4. The lowest BCUT2D eigenvalue weighted by atomic mass is 10.0. The van der Waals surface area contributed by atoms with Gasteiger partial charge in [-0.15, -0.1) is 0 Å². The number of aromatic hydroxyl groups is 1. The number of hydrazone groups is 1. The second-order valence-electron chi connectivity index (χ2n) is 7.14. The molecule has 5 nitrogen and oxygen atoms in total. The summed E-state index contributed by atoms with van der Waals surface area (Å²) in [6.07, 6.45) is 1.52. The Bertz CT molecular complexity index is 1200. The molecule has 0 aromatic heterocycles. The van der Waals surface area contributed by atoms with E-state index in [9.17, 15) is 9.90 Å². The summed E-state index contributed by atoms with van der Waals surface area (Å²) < 4.78 is 6.06. The summed E-state index contributed by atoms with van der Waals surface area (Å²) in [5.41, 5.74) is 6.87. The molecule has 0 bridgehead atoms. The fraction of sp³-hybridized carbons (Fsp3) is 0.0370. The van der Waals surface area contributed by atoms with Crippen molar-refractivity contribution < 1.29 is 14.6 Å². The van der Waals surface area contributed by atoms with Crippen LogP contribution in [0.5, 0.6) is 11.5 Å². The Hall–Kier alpha value is -4.38. The van der Waals surface area contributed by atoms with Crippen molar-refractivity contribution in [1.29, 1.82) is 0 Å². The highest BCUT2D eigenvalue weighted by Crippen LogP contribution is 2.30. The number of nitrogens with one attached hydrogen (secondary N) is 1. The highest BCUT2D eigenvalue weighted by atomic mass is 16.5. The summed E-state index contributed by atoms with van der Waals surface area (Å²) in [6.45, 7) is 0.394. The van der Waals surface area contributed by atoms with E-state index >= 15 is 0 Å². The molecule has 0 aliphatic rings. The molecule has 0 saturated heterocycles. The Morgan fingerprint density at radius 2 is 1.53 bits per heavy atom. The Kier molecular flexibility index (Phi) is 6.58. The molecule has 0 saturated carbocycles. The van der Waals surface area contributed by atoms with Crippen LogP contribution in [-0.4, -0.2) is 17.2 Å². The van der Waals surface area contributed by atoms with Crippen molar-refractivity contribution in [3.63, 3.8) is 0 Å². The molecule has 0 aliphatic heterocycles. The van der Waals surface area contributed by atoms with Crippen LogP contribution in [-0.2, 0) is 6.61 Å². The molecule has 1 amide bonds. The summed E-state index contributed by atoms with van der Waals surface area (Å²) in [5.74, 6) is 0.685. The number of para-hydroxylation sites is 1. The number of carbonyl (C=O) groups is 1. The lowest BCUT2D eigenvalue weighted by Crippen LogP contribution is -2.17. The SMILES string of the molecule is O=C(NN=Cc1ccc(O)cc1)c1ccc(COc2ccccc2-c2ccccc2)cc1. The molecule has 0 fully saturated rings. The Morgan fingerprint density at radius 3 is 2.28 bits per heavy atom. The van der Waals surface area contributed by atoms with Gasteiger partial charge in [0.25, 0.3) is 5.91 Å². The maximum absolute atomic E-state index is 12.3. The lowest BCUT2D eigenvalue weighted by Gasteiger charge is -2.12. The van der Waals surface area contributed by atoms with Crippen LogP contribution >= 0.6 is 0 Å². The van der Waals surface area contributed by atoms with Crippen LogP contribution in [0.2, 0.25) is 0 Å². The van der Waals surface area contributed by atoms with Crippen molar-refractivity contribution in [2.45, 2.75) is 6.61 Å². The molecule has 4 aromatic carbocycles. The number of ether oxygens (including phenoxy) is 1. The van der Waals surface area contributed by atoms with Crippen LogP contribution < -0.4 is 10.2 Å². The van der Waals surface area contributed by atoms with Gasteiger partial charge in [-0.25, -0.2) is 5.43 Å². The van der Waals surface area contributed by atoms with Crippen molar-refractivity contribution in [3.8, 4) is 22.6 Å². The van der Waals surface area contributed by atoms with E-state index in [1.165, 1.54) is 6.21 Å². The third-order valence-corrected chi connectivity index (χ3v) is 4.86. The molecule has 32 heavy (non-hydrogen) atoms. The molecule has 4 rings (SSSR count). The Balaban J connectivity index is 1.35. The smallest absolute Gasteiger partial charge is 0.271 e. The first-order chi connectivity index (χ1) is 15.7. The number of nitrogens with zero attached hydrogens (tertiary/aromatic N) is 1. The quantitative estimate of drug-likeness (QED) is 0.309. The second-order valence-corrected chi connectivity index (χ2v) is 7.14. The fourth-order valence-electron chi connectivity index (χ4n) is 3.15. The van der Waals surface area contributed by atoms with Crippen LogP contribution in [0.25, 0.3) is 11.1 Å². The van der Waals surface area contributed by atoms with Gasteiger partial charge in [0.05, 0.1) is 6.21 Å². The van der Waals surface area contributed by atoms with Crippen LogP contribution in [0.15, 0.2) is 108 Å². The monoisotopic (exact) mass is 422 g/mol. The molecule has 0 aliphatic carbocycles. The van der Waals surface area contributed by atoms with E-state index in [-0.39, 0.29) is 11.7 Å². The van der Waals surface area contributed by atoms with E-state index < -0.39 is 0 Å². The van der Waals surface area contributed by atoms with Gasteiger partial charge in [-0.1, -0.05) is 60.7 Å². The number of amides is 1. The summed E-state index contributed by atoms with van der Waals surface area (Å²) in [7, 11) is 0. The van der Waals surface area contributed by atoms with Crippen molar-refractivity contribution in [3.05, 3.63) is 120 Å². The Morgan fingerprint density at radius 1 is 0.844 bits per heavy atom. The maximum Gasteiger partial charge on any atom is 0.271 e. The van der Waals surface area contributed by atoms with Crippen molar-refractivity contribution in [2.75, 3.05) is 0 Å². The minimum absolute atomic E-state index is 0.179. The molecule has 0 spiro atoms. The zero-order chi connectivity index (χ0) is 22.2. The van der Waals surface area contributed by atoms with Gasteiger partial charge >= 0.3 is 0 Å². The highest BCUT2D eigenvalue weighted by molar-refractivity contribution is 5.94. The zero-order valence-corrected chi connectivity index (χ0v) is 17.3.